The summed E-state index contributed by atoms with van der Waals surface area (Å²) in [7, 11) is 1.84. The number of fused-ring (bicyclic) bond motifs is 1. The molecule has 1 aliphatic carbocycles. The number of anilines is 3. The van der Waals surface area contributed by atoms with Gasteiger partial charge >= 0.3 is 6.18 Å². The molecule has 2 N–H and O–H groups in total. The van der Waals surface area contributed by atoms with E-state index in [0.29, 0.717) is 44.0 Å². The molecule has 0 atom stereocenters. The topological polar surface area (TPSA) is 91.6 Å². The number of alkyl halides is 3. The Morgan fingerprint density at radius 3 is 2.35 bits per heavy atom. The Morgan fingerprint density at radius 2 is 1.72 bits per heavy atom. The van der Waals surface area contributed by atoms with Gasteiger partial charge in [0.1, 0.15) is 0 Å². The van der Waals surface area contributed by atoms with Crippen LogP contribution in [-0.4, -0.2) is 46.3 Å². The zero-order valence-corrected chi connectivity index (χ0v) is 28.0. The zero-order valence-electron chi connectivity index (χ0n) is 26.5. The number of nitrogens with one attached hydrogen (secondary N) is 2. The Hall–Kier alpha value is -3.31. The lowest BCUT2D eigenvalue weighted by atomic mass is 9.87. The number of aliphatic imine (C=N–C) groups is 1. The Morgan fingerprint density at radius 1 is 1.04 bits per heavy atom. The smallest absolute Gasteiger partial charge is 0.371 e. The van der Waals surface area contributed by atoms with E-state index < -0.39 is 23.4 Å². The Labute approximate surface area is 276 Å². The van der Waals surface area contributed by atoms with Crippen LogP contribution in [0.25, 0.3) is 11.0 Å². The van der Waals surface area contributed by atoms with E-state index in [1.807, 2.05) is 38.5 Å². The largest absolute Gasteiger partial charge is 0.391 e. The number of benzene rings is 2. The number of piperidine rings is 1. The van der Waals surface area contributed by atoms with E-state index in [0.717, 1.165) is 43.6 Å². The molecule has 5 rings (SSSR count). The summed E-state index contributed by atoms with van der Waals surface area (Å²) < 4.78 is 41.4. The zero-order chi connectivity index (χ0) is 33.4. The van der Waals surface area contributed by atoms with Crippen molar-refractivity contribution in [2.24, 2.45) is 23.4 Å². The number of carbonyl (C=O) groups excluding carboxylic acids is 2. The summed E-state index contributed by atoms with van der Waals surface area (Å²) in [6, 6.07) is 7.09. The molecule has 2 amide bonds. The maximum absolute atomic E-state index is 13.6. The third-order valence-corrected chi connectivity index (χ3v) is 9.49. The van der Waals surface area contributed by atoms with Gasteiger partial charge in [-0.3, -0.25) is 9.59 Å². The van der Waals surface area contributed by atoms with Crippen LogP contribution in [-0.2, 0) is 18.4 Å². The average Bonchev–Trinajstić information content (AvgIpc) is 3.31. The molecule has 2 fully saturated rings. The molecule has 46 heavy (non-hydrogen) atoms. The lowest BCUT2D eigenvalue weighted by Crippen LogP contribution is -2.34. The SMILES string of the molecule is Cn1c(Nc2c(Cl)ccc(CNC(=O)C(C)(C)C)c2Cl)nc2cc(C(=O)N=C3CCC(C(F)(F)F)CC3)c(N3CCCCC3)cc21. The van der Waals surface area contributed by atoms with Gasteiger partial charge in [-0.05, 0) is 68.7 Å². The van der Waals surface area contributed by atoms with Crippen molar-refractivity contribution in [3.8, 4) is 0 Å². The van der Waals surface area contributed by atoms with Gasteiger partial charge in [0.2, 0.25) is 11.9 Å². The molecule has 1 aliphatic heterocycles. The van der Waals surface area contributed by atoms with E-state index >= 15 is 0 Å². The summed E-state index contributed by atoms with van der Waals surface area (Å²) in [4.78, 5) is 37.3. The van der Waals surface area contributed by atoms with Gasteiger partial charge in [-0.2, -0.15) is 13.2 Å². The molecular formula is C33H39Cl2F3N6O2. The molecule has 1 saturated carbocycles. The summed E-state index contributed by atoms with van der Waals surface area (Å²) in [5, 5.41) is 6.85. The van der Waals surface area contributed by atoms with Crippen molar-refractivity contribution in [2.75, 3.05) is 23.3 Å². The van der Waals surface area contributed by atoms with Gasteiger partial charge in [0.05, 0.1) is 43.9 Å². The Balaban J connectivity index is 1.46. The molecule has 3 aromatic rings. The monoisotopic (exact) mass is 678 g/mol. The van der Waals surface area contributed by atoms with Gasteiger partial charge in [0.25, 0.3) is 5.91 Å². The van der Waals surface area contributed by atoms with Crippen molar-refractivity contribution in [1.82, 2.24) is 14.9 Å². The van der Waals surface area contributed by atoms with Gasteiger partial charge in [0, 0.05) is 37.8 Å². The lowest BCUT2D eigenvalue weighted by molar-refractivity contribution is -0.178. The van der Waals surface area contributed by atoms with E-state index in [9.17, 15) is 22.8 Å². The summed E-state index contributed by atoms with van der Waals surface area (Å²) in [5.41, 5.74) is 3.45. The molecular weight excluding hydrogens is 640 g/mol. The molecule has 1 aromatic heterocycles. The van der Waals surface area contributed by atoms with Crippen LogP contribution in [0.4, 0.5) is 30.5 Å². The van der Waals surface area contributed by atoms with Crippen LogP contribution in [0.5, 0.6) is 0 Å². The summed E-state index contributed by atoms with van der Waals surface area (Å²) >= 11 is 13.3. The highest BCUT2D eigenvalue weighted by molar-refractivity contribution is 6.39. The second-order valence-corrected chi connectivity index (χ2v) is 13.9. The highest BCUT2D eigenvalue weighted by Crippen LogP contribution is 2.39. The summed E-state index contributed by atoms with van der Waals surface area (Å²) in [5.74, 6) is -1.51. The number of nitrogens with zero attached hydrogens (tertiary/aromatic N) is 4. The standard InChI is InChI=1S/C33H39Cl2F3N6O2/c1-32(2,3)30(46)39-18-19-8-13-23(34)28(27(19)35)42-31-41-24-16-22(25(17-26(24)43(31)4)44-14-6-5-7-15-44)29(45)40-21-11-9-20(10-12-21)33(36,37)38/h8,13,16-17,20H,5-7,9-12,14-15,18H2,1-4H3,(H,39,46)(H,41,42). The normalized spacial score (nSPS) is 17.7. The number of aromatic nitrogens is 2. The Kier molecular flexibility index (Phi) is 9.94. The fourth-order valence-electron chi connectivity index (χ4n) is 5.90. The van der Waals surface area contributed by atoms with Gasteiger partial charge < -0.3 is 20.1 Å². The minimum Gasteiger partial charge on any atom is -0.371 e. The third-order valence-electron chi connectivity index (χ3n) is 8.74. The molecule has 0 radical (unpaired) electrons. The van der Waals surface area contributed by atoms with Crippen LogP contribution in [0.15, 0.2) is 29.3 Å². The number of carbonyl (C=O) groups is 2. The molecule has 0 unspecified atom stereocenters. The van der Waals surface area contributed by atoms with E-state index in [1.54, 1.807) is 18.2 Å². The molecule has 0 bridgehead atoms. The molecule has 2 aliphatic rings. The predicted molar refractivity (Wildman–Crippen MR) is 178 cm³/mol. The molecule has 0 spiro atoms. The minimum atomic E-state index is -4.23. The number of imidazole rings is 1. The number of halogens is 5. The number of amides is 2. The molecule has 248 valence electrons. The third kappa shape index (κ3) is 7.46. The second-order valence-electron chi connectivity index (χ2n) is 13.2. The number of rotatable bonds is 6. The fourth-order valence-corrected chi connectivity index (χ4v) is 6.43. The maximum atomic E-state index is 13.6. The number of aryl methyl sites for hydroxylation is 1. The van der Waals surface area contributed by atoms with Crippen LogP contribution in [0.1, 0.15) is 81.6 Å². The Bertz CT molecular complexity index is 1660. The van der Waals surface area contributed by atoms with Crippen molar-refractivity contribution >= 4 is 69.1 Å². The first kappa shape index (κ1) is 34.0. The molecule has 1 saturated heterocycles. The van der Waals surface area contributed by atoms with Crippen LogP contribution in [0.3, 0.4) is 0 Å². The van der Waals surface area contributed by atoms with Crippen molar-refractivity contribution in [1.29, 1.82) is 0 Å². The molecule has 8 nitrogen and oxygen atoms in total. The summed E-state index contributed by atoms with van der Waals surface area (Å²) in [6.07, 6.45) is -0.974. The molecule has 13 heteroatoms. The first-order chi connectivity index (χ1) is 21.6. The van der Waals surface area contributed by atoms with E-state index in [2.05, 4.69) is 20.5 Å². The van der Waals surface area contributed by atoms with Gasteiger partial charge in [-0.15, -0.1) is 0 Å². The first-order valence-electron chi connectivity index (χ1n) is 15.6. The van der Waals surface area contributed by atoms with Gasteiger partial charge in [-0.25, -0.2) is 9.98 Å². The van der Waals surface area contributed by atoms with Crippen molar-refractivity contribution < 1.29 is 22.8 Å². The van der Waals surface area contributed by atoms with Gasteiger partial charge in [0.15, 0.2) is 0 Å². The minimum absolute atomic E-state index is 0.0574. The van der Waals surface area contributed by atoms with Crippen LogP contribution in [0.2, 0.25) is 10.0 Å². The average molecular weight is 680 g/mol. The maximum Gasteiger partial charge on any atom is 0.391 e. The number of hydrogen-bond donors (Lipinski definition) is 2. The number of hydrogen-bond acceptors (Lipinski definition) is 5. The van der Waals surface area contributed by atoms with Crippen molar-refractivity contribution in [3.05, 3.63) is 45.4 Å². The summed E-state index contributed by atoms with van der Waals surface area (Å²) in [6.45, 7) is 7.26. The van der Waals surface area contributed by atoms with E-state index in [-0.39, 0.29) is 38.1 Å². The lowest BCUT2D eigenvalue weighted by Gasteiger charge is -2.30. The highest BCUT2D eigenvalue weighted by atomic mass is 35.5. The molecule has 2 aromatic carbocycles. The van der Waals surface area contributed by atoms with Gasteiger partial charge in [-0.1, -0.05) is 50.0 Å². The predicted octanol–water partition coefficient (Wildman–Crippen LogP) is 8.61. The van der Waals surface area contributed by atoms with Crippen molar-refractivity contribution in [2.45, 2.75) is 78.4 Å². The van der Waals surface area contributed by atoms with Crippen LogP contribution in [0, 0.1) is 11.3 Å². The molecule has 2 heterocycles. The van der Waals surface area contributed by atoms with Crippen LogP contribution >= 0.6 is 23.2 Å². The van der Waals surface area contributed by atoms with E-state index in [1.165, 1.54) is 0 Å². The second kappa shape index (κ2) is 13.4. The van der Waals surface area contributed by atoms with E-state index in [4.69, 9.17) is 28.2 Å². The van der Waals surface area contributed by atoms with Crippen molar-refractivity contribution in [3.63, 3.8) is 0 Å². The van der Waals surface area contributed by atoms with Crippen LogP contribution < -0.4 is 15.5 Å². The highest BCUT2D eigenvalue weighted by Gasteiger charge is 2.41. The fraction of sp³-hybridized carbons (Fsp3) is 0.515. The first-order valence-corrected chi connectivity index (χ1v) is 16.3. The quantitative estimate of drug-likeness (QED) is 0.272.